The molecule has 3 N–H and O–H groups in total. The van der Waals surface area contributed by atoms with E-state index in [2.05, 4.69) is 10.4 Å². The van der Waals surface area contributed by atoms with Crippen LogP contribution in [0.5, 0.6) is 0 Å². The summed E-state index contributed by atoms with van der Waals surface area (Å²) in [6.45, 7) is 1.82. The van der Waals surface area contributed by atoms with E-state index in [-0.39, 0.29) is 5.91 Å². The maximum absolute atomic E-state index is 10.7. The summed E-state index contributed by atoms with van der Waals surface area (Å²) in [5, 5.41) is 6.62. The van der Waals surface area contributed by atoms with E-state index in [1.165, 1.54) is 6.92 Å². The number of aromatic nitrogens is 2. The number of aryl methyl sites for hydroxylation is 1. The molecule has 5 heteroatoms. The van der Waals surface area contributed by atoms with Crippen molar-refractivity contribution < 1.29 is 4.79 Å². The normalized spacial score (nSPS) is 9.92. The Hall–Kier alpha value is -1.36. The van der Waals surface area contributed by atoms with Crippen molar-refractivity contribution >= 4 is 11.7 Å². The number of rotatable bonds is 2. The van der Waals surface area contributed by atoms with Crippen molar-refractivity contribution in [3.8, 4) is 0 Å². The van der Waals surface area contributed by atoms with Gasteiger partial charge in [-0.05, 0) is 0 Å². The number of hydrogen-bond acceptors (Lipinski definition) is 3. The Morgan fingerprint density at radius 3 is 3.00 bits per heavy atom. The smallest absolute Gasteiger partial charge is 0.222 e. The minimum atomic E-state index is -0.136. The van der Waals surface area contributed by atoms with Crippen molar-refractivity contribution in [1.29, 1.82) is 0 Å². The molecule has 0 fully saturated rings. The molecule has 0 unspecified atom stereocenters. The maximum Gasteiger partial charge on any atom is 0.222 e. The fourth-order valence-electron chi connectivity index (χ4n) is 0.959. The van der Waals surface area contributed by atoms with E-state index in [1.807, 2.05) is 0 Å². The van der Waals surface area contributed by atoms with Gasteiger partial charge in [-0.3, -0.25) is 9.48 Å². The van der Waals surface area contributed by atoms with E-state index in [4.69, 9.17) is 5.73 Å². The van der Waals surface area contributed by atoms with Gasteiger partial charge in [0, 0.05) is 32.3 Å². The van der Waals surface area contributed by atoms with E-state index in [9.17, 15) is 4.79 Å². The number of nitrogens with one attached hydrogen (secondary N) is 1. The molecule has 0 aliphatic carbocycles. The summed E-state index contributed by atoms with van der Waals surface area (Å²) < 4.78 is 1.62. The first-order valence-corrected chi connectivity index (χ1v) is 3.63. The van der Waals surface area contributed by atoms with Crippen LogP contribution in [0.2, 0.25) is 0 Å². The lowest BCUT2D eigenvalue weighted by Crippen LogP contribution is -2.09. The quantitative estimate of drug-likeness (QED) is 0.644. The molecule has 0 aromatic carbocycles. The molecule has 0 atom stereocenters. The lowest BCUT2D eigenvalue weighted by atomic mass is 10.3. The SMILES string of the molecule is CC(=O)Nc1nn(C)cc1CN. The Morgan fingerprint density at radius 2 is 2.50 bits per heavy atom. The molecule has 5 nitrogen and oxygen atoms in total. The largest absolute Gasteiger partial charge is 0.326 e. The van der Waals surface area contributed by atoms with E-state index in [1.54, 1.807) is 17.9 Å². The van der Waals surface area contributed by atoms with E-state index in [0.29, 0.717) is 12.4 Å². The second-order valence-electron chi connectivity index (χ2n) is 2.56. The summed E-state index contributed by atoms with van der Waals surface area (Å²) in [6, 6.07) is 0. The number of nitrogens with zero attached hydrogens (tertiary/aromatic N) is 2. The van der Waals surface area contributed by atoms with Crippen LogP contribution >= 0.6 is 0 Å². The van der Waals surface area contributed by atoms with Crippen LogP contribution in [0.25, 0.3) is 0 Å². The van der Waals surface area contributed by atoms with Crippen LogP contribution in [0.4, 0.5) is 5.82 Å². The molecule has 0 saturated heterocycles. The first-order chi connectivity index (χ1) is 5.63. The molecule has 0 saturated carbocycles. The van der Waals surface area contributed by atoms with E-state index in [0.717, 1.165) is 5.56 Å². The molecular formula is C7H12N4O. The van der Waals surface area contributed by atoms with Gasteiger partial charge in [0.25, 0.3) is 0 Å². The van der Waals surface area contributed by atoms with Crippen molar-refractivity contribution in [3.63, 3.8) is 0 Å². The number of anilines is 1. The molecule has 0 spiro atoms. The van der Waals surface area contributed by atoms with Crippen molar-refractivity contribution in [1.82, 2.24) is 9.78 Å². The summed E-state index contributed by atoms with van der Waals surface area (Å²) in [5.74, 6) is 0.413. The molecule has 1 amide bonds. The number of hydrogen-bond donors (Lipinski definition) is 2. The predicted octanol–water partition coefficient (Wildman–Crippen LogP) is -0.163. The average molecular weight is 168 g/mol. The lowest BCUT2D eigenvalue weighted by molar-refractivity contribution is -0.114. The van der Waals surface area contributed by atoms with Crippen molar-refractivity contribution in [3.05, 3.63) is 11.8 Å². The summed E-state index contributed by atoms with van der Waals surface area (Å²) in [6.07, 6.45) is 1.78. The minimum absolute atomic E-state index is 0.136. The Balaban J connectivity index is 2.89. The highest BCUT2D eigenvalue weighted by Crippen LogP contribution is 2.10. The number of nitrogens with two attached hydrogens (primary N) is 1. The summed E-state index contributed by atoms with van der Waals surface area (Å²) in [7, 11) is 1.78. The van der Waals surface area contributed by atoms with Crippen molar-refractivity contribution in [2.24, 2.45) is 12.8 Å². The second kappa shape index (κ2) is 3.36. The fraction of sp³-hybridized carbons (Fsp3) is 0.429. The van der Waals surface area contributed by atoms with Crippen LogP contribution in [-0.4, -0.2) is 15.7 Å². The zero-order valence-electron chi connectivity index (χ0n) is 7.16. The molecule has 66 valence electrons. The van der Waals surface area contributed by atoms with Gasteiger partial charge < -0.3 is 11.1 Å². The maximum atomic E-state index is 10.7. The molecule has 1 aromatic rings. The van der Waals surface area contributed by atoms with Crippen LogP contribution in [-0.2, 0) is 18.4 Å². The summed E-state index contributed by atoms with van der Waals surface area (Å²) in [5.41, 5.74) is 6.28. The van der Waals surface area contributed by atoms with Gasteiger partial charge in [-0.25, -0.2) is 0 Å². The first-order valence-electron chi connectivity index (χ1n) is 3.63. The van der Waals surface area contributed by atoms with E-state index >= 15 is 0 Å². The number of carbonyl (C=O) groups is 1. The topological polar surface area (TPSA) is 72.9 Å². The van der Waals surface area contributed by atoms with Gasteiger partial charge in [0.2, 0.25) is 5.91 Å². The third-order valence-corrected chi connectivity index (χ3v) is 1.42. The third kappa shape index (κ3) is 1.82. The second-order valence-corrected chi connectivity index (χ2v) is 2.56. The first kappa shape index (κ1) is 8.73. The zero-order chi connectivity index (χ0) is 9.14. The molecule has 0 bridgehead atoms. The molecule has 12 heavy (non-hydrogen) atoms. The monoisotopic (exact) mass is 168 g/mol. The van der Waals surface area contributed by atoms with Crippen LogP contribution in [0.15, 0.2) is 6.20 Å². The predicted molar refractivity (Wildman–Crippen MR) is 45.4 cm³/mol. The van der Waals surface area contributed by atoms with Gasteiger partial charge in [-0.2, -0.15) is 5.10 Å². The summed E-state index contributed by atoms with van der Waals surface area (Å²) in [4.78, 5) is 10.7. The Kier molecular flexibility index (Phi) is 2.44. The third-order valence-electron chi connectivity index (χ3n) is 1.42. The van der Waals surface area contributed by atoms with Gasteiger partial charge in [-0.15, -0.1) is 0 Å². The average Bonchev–Trinajstić information content (AvgIpc) is 2.29. The number of carbonyl (C=O) groups excluding carboxylic acids is 1. The molecule has 0 radical (unpaired) electrons. The standard InChI is InChI=1S/C7H12N4O/c1-5(12)9-7-6(3-8)4-11(2)10-7/h4H,3,8H2,1-2H3,(H,9,10,12). The van der Waals surface area contributed by atoms with Crippen LogP contribution in [0.3, 0.4) is 0 Å². The molecule has 1 aromatic heterocycles. The van der Waals surface area contributed by atoms with Crippen LogP contribution in [0.1, 0.15) is 12.5 Å². The highest BCUT2D eigenvalue weighted by atomic mass is 16.1. The van der Waals surface area contributed by atoms with Crippen molar-refractivity contribution in [2.75, 3.05) is 5.32 Å². The van der Waals surface area contributed by atoms with Gasteiger partial charge in [0.1, 0.15) is 0 Å². The fourth-order valence-corrected chi connectivity index (χ4v) is 0.959. The highest BCUT2D eigenvalue weighted by molar-refractivity contribution is 5.88. The van der Waals surface area contributed by atoms with Gasteiger partial charge in [-0.1, -0.05) is 0 Å². The lowest BCUT2D eigenvalue weighted by Gasteiger charge is -1.97. The van der Waals surface area contributed by atoms with E-state index < -0.39 is 0 Å². The molecule has 1 heterocycles. The van der Waals surface area contributed by atoms with Crippen LogP contribution < -0.4 is 11.1 Å². The Labute approximate surface area is 70.5 Å². The van der Waals surface area contributed by atoms with Gasteiger partial charge >= 0.3 is 0 Å². The molecule has 0 aliphatic rings. The van der Waals surface area contributed by atoms with Crippen molar-refractivity contribution in [2.45, 2.75) is 13.5 Å². The molecule has 0 aliphatic heterocycles. The van der Waals surface area contributed by atoms with Crippen LogP contribution in [0, 0.1) is 0 Å². The molecular weight excluding hydrogens is 156 g/mol. The minimum Gasteiger partial charge on any atom is -0.326 e. The Morgan fingerprint density at radius 1 is 1.83 bits per heavy atom. The highest BCUT2D eigenvalue weighted by Gasteiger charge is 2.06. The Bertz CT molecular complexity index is 292. The number of amides is 1. The van der Waals surface area contributed by atoms with Gasteiger partial charge in [0.05, 0.1) is 0 Å². The zero-order valence-corrected chi connectivity index (χ0v) is 7.16. The molecule has 1 rings (SSSR count). The summed E-state index contributed by atoms with van der Waals surface area (Å²) >= 11 is 0. The van der Waals surface area contributed by atoms with Gasteiger partial charge in [0.15, 0.2) is 5.82 Å².